The molecule has 0 aliphatic heterocycles. The molecule has 0 spiro atoms. The Kier molecular flexibility index (Phi) is 17.4. The van der Waals surface area contributed by atoms with Crippen molar-refractivity contribution in [2.75, 3.05) is 19.6 Å². The molecule has 0 amide bonds. The largest absolute Gasteiger partial charge is 0.147 e. The summed E-state index contributed by atoms with van der Waals surface area (Å²) < 4.78 is 1.82. The molecule has 0 N–H and O–H groups in total. The van der Waals surface area contributed by atoms with Crippen molar-refractivity contribution in [2.45, 2.75) is 37.1 Å². The van der Waals surface area contributed by atoms with E-state index < -0.39 is 17.9 Å². The molecule has 0 bridgehead atoms. The summed E-state index contributed by atoms with van der Waals surface area (Å²) in [6.07, 6.45) is 7.26. The number of hydrogen-bond acceptors (Lipinski definition) is 1. The van der Waals surface area contributed by atoms with Gasteiger partial charge in [0.2, 0.25) is 0 Å². The van der Waals surface area contributed by atoms with Crippen molar-refractivity contribution in [2.24, 2.45) is 0 Å². The summed E-state index contributed by atoms with van der Waals surface area (Å²) in [7, 11) is 0. The minimum absolute atomic E-state index is 0. The first-order chi connectivity index (χ1) is 7.19. The number of nitrogens with zero attached hydrogens (tertiary/aromatic N) is 1. The second kappa shape index (κ2) is 13.0. The van der Waals surface area contributed by atoms with Gasteiger partial charge in [0.15, 0.2) is 0 Å². The van der Waals surface area contributed by atoms with E-state index in [2.05, 4.69) is 41.4 Å². The van der Waals surface area contributed by atoms with Crippen LogP contribution in [0.4, 0.5) is 0 Å². The van der Waals surface area contributed by atoms with E-state index in [9.17, 15) is 0 Å². The molecule has 0 saturated heterocycles. The molecule has 0 aromatic carbocycles. The summed E-state index contributed by atoms with van der Waals surface area (Å²) in [4.78, 5) is 2.52. The van der Waals surface area contributed by atoms with Gasteiger partial charge >= 0.3 is 101 Å². The third-order valence-corrected chi connectivity index (χ3v) is 5.93. The summed E-state index contributed by atoms with van der Waals surface area (Å²) in [5.41, 5.74) is 1.67. The predicted octanol–water partition coefficient (Wildman–Crippen LogP) is 4.91. The topological polar surface area (TPSA) is 3.24 Å². The van der Waals surface area contributed by atoms with Gasteiger partial charge < -0.3 is 0 Å². The quantitative estimate of drug-likeness (QED) is 0.614. The molecule has 1 rings (SSSR count). The van der Waals surface area contributed by atoms with Crippen LogP contribution in [0, 0.1) is 0 Å². The van der Waals surface area contributed by atoms with Crippen LogP contribution in [0.1, 0.15) is 26.7 Å². The fourth-order valence-corrected chi connectivity index (χ4v) is 4.28. The second-order valence-electron chi connectivity index (χ2n) is 4.39. The number of rotatable bonds is 6. The molecule has 0 unspecified atom stereocenters. The standard InChI is InChI=1S/C11H18N.2CH3.3ClH.Ti/c1-3-12(4-2)10-9-11-7-5-6-8-11;;;;;;/h5,7H,3-4,6,9-10H2,1-2H3;2*1H3;3*1H;. The first-order valence-corrected chi connectivity index (χ1v) is 10.0. The molecular formula is C13H27Cl3NTi. The minimum Gasteiger partial charge on any atom is -0.147 e. The summed E-state index contributed by atoms with van der Waals surface area (Å²) in [5, 5.41) is 4.94. The molecule has 0 fully saturated rings. The molecule has 0 aromatic rings. The number of halogens is 3. The van der Waals surface area contributed by atoms with Gasteiger partial charge in [-0.15, -0.1) is 37.2 Å². The molecule has 1 nitrogen and oxygen atoms in total. The Morgan fingerprint density at radius 2 is 1.67 bits per heavy atom. The maximum Gasteiger partial charge on any atom is -0.147 e. The molecule has 1 aliphatic rings. The molecule has 109 valence electrons. The Morgan fingerprint density at radius 1 is 1.11 bits per heavy atom. The van der Waals surface area contributed by atoms with Gasteiger partial charge in [-0.05, 0) is 0 Å². The molecule has 1 aliphatic carbocycles. The van der Waals surface area contributed by atoms with Crippen LogP contribution in [0.2, 0.25) is 10.5 Å². The van der Waals surface area contributed by atoms with Crippen molar-refractivity contribution in [3.05, 3.63) is 21.6 Å². The van der Waals surface area contributed by atoms with E-state index in [4.69, 9.17) is 0 Å². The summed E-state index contributed by atoms with van der Waals surface area (Å²) in [6.45, 7) is 8.11. The van der Waals surface area contributed by atoms with E-state index in [-0.39, 0.29) is 37.2 Å². The Balaban J connectivity index is -0.000000750. The van der Waals surface area contributed by atoms with Crippen LogP contribution in [0.25, 0.3) is 0 Å². The Labute approximate surface area is 138 Å². The van der Waals surface area contributed by atoms with Gasteiger partial charge in [0, 0.05) is 0 Å². The van der Waals surface area contributed by atoms with Gasteiger partial charge in [-0.1, -0.05) is 0 Å². The van der Waals surface area contributed by atoms with Crippen molar-refractivity contribution >= 4 is 37.2 Å². The van der Waals surface area contributed by atoms with Crippen molar-refractivity contribution in [1.82, 2.24) is 4.90 Å². The van der Waals surface area contributed by atoms with Gasteiger partial charge in [-0.2, -0.15) is 0 Å². The van der Waals surface area contributed by atoms with E-state index in [0.717, 1.165) is 0 Å². The van der Waals surface area contributed by atoms with Crippen molar-refractivity contribution in [3.8, 4) is 0 Å². The zero-order chi connectivity index (χ0) is 11.3. The molecule has 0 aromatic heterocycles. The molecular weight excluding hydrogens is 324 g/mol. The normalized spacial score (nSPS) is 12.9. The maximum atomic E-state index is 2.52. The van der Waals surface area contributed by atoms with Crippen LogP contribution >= 0.6 is 37.2 Å². The van der Waals surface area contributed by atoms with Crippen LogP contribution in [-0.2, 0) is 17.9 Å². The van der Waals surface area contributed by atoms with Gasteiger partial charge in [-0.25, -0.2) is 0 Å². The number of hydrogen-bond donors (Lipinski definition) is 0. The predicted molar refractivity (Wildman–Crippen MR) is 86.7 cm³/mol. The van der Waals surface area contributed by atoms with Crippen molar-refractivity contribution in [3.63, 3.8) is 0 Å². The van der Waals surface area contributed by atoms with Crippen LogP contribution in [0.15, 0.2) is 21.6 Å². The van der Waals surface area contributed by atoms with Crippen LogP contribution < -0.4 is 0 Å². The smallest absolute Gasteiger partial charge is 0.147 e. The maximum absolute atomic E-state index is 2.52. The average Bonchev–Trinajstić information content (AvgIpc) is 2.67. The first kappa shape index (κ1) is 24.1. The monoisotopic (exact) mass is 350 g/mol. The van der Waals surface area contributed by atoms with Crippen LogP contribution in [0.5, 0.6) is 0 Å². The molecule has 18 heavy (non-hydrogen) atoms. The van der Waals surface area contributed by atoms with Crippen LogP contribution in [-0.4, -0.2) is 24.5 Å². The van der Waals surface area contributed by atoms with Crippen LogP contribution in [0.3, 0.4) is 0 Å². The Morgan fingerprint density at radius 3 is 2.11 bits per heavy atom. The van der Waals surface area contributed by atoms with E-state index >= 15 is 0 Å². The molecule has 5 heteroatoms. The third-order valence-electron chi connectivity index (χ3n) is 3.22. The molecule has 0 saturated carbocycles. The van der Waals surface area contributed by atoms with Gasteiger partial charge in [0.25, 0.3) is 0 Å². The zero-order valence-electron chi connectivity index (χ0n) is 11.9. The fraction of sp³-hybridized carbons (Fsp3) is 0.692. The van der Waals surface area contributed by atoms with Crippen molar-refractivity contribution < 1.29 is 17.9 Å². The fourth-order valence-electron chi connectivity index (χ4n) is 2.13. The molecule has 0 radical (unpaired) electrons. The van der Waals surface area contributed by atoms with E-state index in [1.54, 1.807) is 5.57 Å². The average molecular weight is 352 g/mol. The van der Waals surface area contributed by atoms with Gasteiger partial charge in [0.1, 0.15) is 0 Å². The number of allylic oxidation sites excluding steroid dienone is 3. The summed E-state index contributed by atoms with van der Waals surface area (Å²) >= 11 is -0.819. The third kappa shape index (κ3) is 7.57. The van der Waals surface area contributed by atoms with E-state index in [1.807, 2.05) is 3.88 Å². The van der Waals surface area contributed by atoms with Gasteiger partial charge in [-0.3, -0.25) is 0 Å². The Bertz CT molecular complexity index is 261. The van der Waals surface area contributed by atoms with E-state index in [0.29, 0.717) is 0 Å². The second-order valence-corrected chi connectivity index (χ2v) is 8.45. The molecule has 0 heterocycles. The SMILES string of the molecule is CCN(CC)CCC1=[C]([Ti]([CH3])[CH3])CC=C1.Cl.Cl.Cl. The minimum atomic E-state index is -0.819. The zero-order valence-corrected chi connectivity index (χ0v) is 15.9. The van der Waals surface area contributed by atoms with E-state index in [1.165, 1.54) is 32.5 Å². The summed E-state index contributed by atoms with van der Waals surface area (Å²) in [5.74, 6) is 0. The van der Waals surface area contributed by atoms with Crippen molar-refractivity contribution in [1.29, 1.82) is 0 Å². The first-order valence-electron chi connectivity index (χ1n) is 6.10. The van der Waals surface area contributed by atoms with Gasteiger partial charge in [0.05, 0.1) is 0 Å². The Hall–Kier alpha value is 1.02. The molecule has 0 atom stereocenters. The summed E-state index contributed by atoms with van der Waals surface area (Å²) in [6, 6.07) is 0.